The minimum atomic E-state index is -0.382. The van der Waals surface area contributed by atoms with Gasteiger partial charge < -0.3 is 14.2 Å². The Hall–Kier alpha value is -2.25. The summed E-state index contributed by atoms with van der Waals surface area (Å²) in [5.41, 5.74) is 2.11. The summed E-state index contributed by atoms with van der Waals surface area (Å²) in [7, 11) is 0. The first-order valence-electron chi connectivity index (χ1n) is 10.5. The fourth-order valence-corrected chi connectivity index (χ4v) is 3.38. The third-order valence-electron chi connectivity index (χ3n) is 5.31. The normalized spacial score (nSPS) is 16.4. The summed E-state index contributed by atoms with van der Waals surface area (Å²) in [6, 6.07) is 8.01. The van der Waals surface area contributed by atoms with Crippen molar-refractivity contribution in [3.8, 4) is 11.4 Å². The summed E-state index contributed by atoms with van der Waals surface area (Å²) in [6.45, 7) is 12.4. The number of carbonyl (C=O) groups excluding carboxylic acids is 1. The van der Waals surface area contributed by atoms with Gasteiger partial charge in [0.05, 0.1) is 6.54 Å². The molecule has 3 rings (SSSR count). The Morgan fingerprint density at radius 2 is 1.90 bits per heavy atom. The van der Waals surface area contributed by atoms with Crippen molar-refractivity contribution in [2.45, 2.75) is 46.8 Å². The molecule has 7 heteroatoms. The van der Waals surface area contributed by atoms with E-state index in [1.54, 1.807) is 0 Å². The molecule has 0 spiro atoms. The van der Waals surface area contributed by atoms with Crippen molar-refractivity contribution in [1.29, 1.82) is 0 Å². The molecule has 1 aromatic carbocycles. The van der Waals surface area contributed by atoms with E-state index in [0.717, 1.165) is 30.6 Å². The quantitative estimate of drug-likeness (QED) is 0.678. The molecule has 2 heterocycles. The predicted octanol–water partition coefficient (Wildman–Crippen LogP) is 3.14. The number of piperazine rings is 1. The van der Waals surface area contributed by atoms with Crippen LogP contribution in [-0.4, -0.2) is 64.7 Å². The van der Waals surface area contributed by atoms with Gasteiger partial charge in [-0.3, -0.25) is 9.69 Å². The predicted molar refractivity (Wildman–Crippen MR) is 111 cm³/mol. The van der Waals surface area contributed by atoms with Crippen LogP contribution in [0.25, 0.3) is 11.4 Å². The Kier molecular flexibility index (Phi) is 7.39. The second kappa shape index (κ2) is 9.98. The third-order valence-corrected chi connectivity index (χ3v) is 5.31. The summed E-state index contributed by atoms with van der Waals surface area (Å²) in [6.07, 6.45) is 0.591. The van der Waals surface area contributed by atoms with Gasteiger partial charge >= 0.3 is 0 Å². The van der Waals surface area contributed by atoms with Crippen molar-refractivity contribution in [3.63, 3.8) is 0 Å². The highest BCUT2D eigenvalue weighted by Gasteiger charge is 2.26. The van der Waals surface area contributed by atoms with E-state index in [0.29, 0.717) is 43.9 Å². The van der Waals surface area contributed by atoms with Gasteiger partial charge in [0.25, 0.3) is 5.91 Å². The zero-order valence-electron chi connectivity index (χ0n) is 17.9. The van der Waals surface area contributed by atoms with Gasteiger partial charge in [0, 0.05) is 38.3 Å². The van der Waals surface area contributed by atoms with Crippen LogP contribution in [0.2, 0.25) is 0 Å². The molecular formula is C22H32N4O3. The average molecular weight is 401 g/mol. The lowest BCUT2D eigenvalue weighted by Gasteiger charge is -2.35. The van der Waals surface area contributed by atoms with E-state index < -0.39 is 0 Å². The average Bonchev–Trinajstić information content (AvgIpc) is 3.16. The van der Waals surface area contributed by atoms with Crippen LogP contribution >= 0.6 is 0 Å². The van der Waals surface area contributed by atoms with Gasteiger partial charge in [0.15, 0.2) is 0 Å². The number of ether oxygens (including phenoxy) is 1. The van der Waals surface area contributed by atoms with Crippen LogP contribution in [0.5, 0.6) is 0 Å². The molecule has 0 aliphatic carbocycles. The van der Waals surface area contributed by atoms with Gasteiger partial charge in [-0.25, -0.2) is 0 Å². The fourth-order valence-electron chi connectivity index (χ4n) is 3.38. The molecule has 7 nitrogen and oxygen atoms in total. The van der Waals surface area contributed by atoms with Crippen LogP contribution in [0.15, 0.2) is 28.8 Å². The summed E-state index contributed by atoms with van der Waals surface area (Å²) in [5, 5.41) is 4.13. The highest BCUT2D eigenvalue weighted by molar-refractivity contribution is 5.80. The second-order valence-corrected chi connectivity index (χ2v) is 8.12. The van der Waals surface area contributed by atoms with E-state index in [9.17, 15) is 4.79 Å². The van der Waals surface area contributed by atoms with Crippen molar-refractivity contribution in [1.82, 2.24) is 19.9 Å². The van der Waals surface area contributed by atoms with E-state index in [4.69, 9.17) is 9.26 Å². The molecule has 1 aliphatic rings. The van der Waals surface area contributed by atoms with Crippen LogP contribution in [0.4, 0.5) is 0 Å². The van der Waals surface area contributed by atoms with Gasteiger partial charge in [0.2, 0.25) is 11.7 Å². The molecule has 1 unspecified atom stereocenters. The van der Waals surface area contributed by atoms with E-state index in [1.807, 2.05) is 43.0 Å². The summed E-state index contributed by atoms with van der Waals surface area (Å²) in [4.78, 5) is 21.2. The summed E-state index contributed by atoms with van der Waals surface area (Å²) < 4.78 is 11.2. The lowest BCUT2D eigenvalue weighted by atomic mass is 10.1. The number of nitrogens with zero attached hydrogens (tertiary/aromatic N) is 4. The van der Waals surface area contributed by atoms with Crippen molar-refractivity contribution < 1.29 is 14.1 Å². The Balaban J connectivity index is 1.47. The maximum Gasteiger partial charge on any atom is 0.251 e. The number of carbonyl (C=O) groups is 1. The first-order valence-corrected chi connectivity index (χ1v) is 10.5. The minimum Gasteiger partial charge on any atom is -0.369 e. The van der Waals surface area contributed by atoms with Crippen molar-refractivity contribution in [3.05, 3.63) is 35.7 Å². The van der Waals surface area contributed by atoms with E-state index in [1.165, 1.54) is 0 Å². The molecule has 158 valence electrons. The third kappa shape index (κ3) is 5.87. The number of amides is 1. The monoisotopic (exact) mass is 400 g/mol. The van der Waals surface area contributed by atoms with Gasteiger partial charge in [-0.2, -0.15) is 4.98 Å². The number of rotatable bonds is 8. The Bertz CT molecular complexity index is 797. The van der Waals surface area contributed by atoms with Crippen LogP contribution in [-0.2, 0) is 16.1 Å². The maximum absolute atomic E-state index is 12.6. The molecule has 29 heavy (non-hydrogen) atoms. The standard InChI is InChI=1S/C22H32N4O3/c1-16(2)9-14-28-18(4)22(27)26-12-10-25(11-13-26)15-20-23-21(24-29-20)19-8-6-5-7-17(19)3/h5-8,16,18H,9-15H2,1-4H3. The van der Waals surface area contributed by atoms with Crippen LogP contribution in [0.3, 0.4) is 0 Å². The molecule has 2 aromatic rings. The molecule has 1 fully saturated rings. The van der Waals surface area contributed by atoms with Crippen molar-refractivity contribution >= 4 is 5.91 Å². The molecule has 0 N–H and O–H groups in total. The molecule has 1 atom stereocenters. The molecular weight excluding hydrogens is 368 g/mol. The van der Waals surface area contributed by atoms with Gasteiger partial charge in [-0.05, 0) is 31.7 Å². The molecule has 1 aromatic heterocycles. The SMILES string of the molecule is Cc1ccccc1-c1noc(CN2CCN(C(=O)C(C)OCCC(C)C)CC2)n1. The Morgan fingerprint density at radius 1 is 1.17 bits per heavy atom. The Labute approximate surface area is 173 Å². The fraction of sp³-hybridized carbons (Fsp3) is 0.591. The van der Waals surface area contributed by atoms with E-state index >= 15 is 0 Å². The number of hydrogen-bond donors (Lipinski definition) is 0. The second-order valence-electron chi connectivity index (χ2n) is 8.12. The van der Waals surface area contributed by atoms with Crippen molar-refractivity contribution in [2.24, 2.45) is 5.92 Å². The topological polar surface area (TPSA) is 71.7 Å². The van der Waals surface area contributed by atoms with Crippen LogP contribution in [0, 0.1) is 12.8 Å². The molecule has 1 saturated heterocycles. The summed E-state index contributed by atoms with van der Waals surface area (Å²) in [5.74, 6) is 1.89. The molecule has 0 radical (unpaired) electrons. The first-order chi connectivity index (χ1) is 13.9. The minimum absolute atomic E-state index is 0.0769. The van der Waals surface area contributed by atoms with E-state index in [2.05, 4.69) is 28.9 Å². The molecule has 1 aliphatic heterocycles. The van der Waals surface area contributed by atoms with Gasteiger partial charge in [-0.15, -0.1) is 0 Å². The van der Waals surface area contributed by atoms with Crippen LogP contribution < -0.4 is 0 Å². The maximum atomic E-state index is 12.6. The number of aryl methyl sites for hydroxylation is 1. The van der Waals surface area contributed by atoms with Crippen molar-refractivity contribution in [2.75, 3.05) is 32.8 Å². The van der Waals surface area contributed by atoms with Gasteiger partial charge in [0.1, 0.15) is 6.10 Å². The van der Waals surface area contributed by atoms with E-state index in [-0.39, 0.29) is 12.0 Å². The largest absolute Gasteiger partial charge is 0.369 e. The molecule has 0 saturated carbocycles. The number of benzene rings is 1. The van der Waals surface area contributed by atoms with Crippen LogP contribution in [0.1, 0.15) is 38.6 Å². The zero-order valence-corrected chi connectivity index (χ0v) is 17.9. The lowest BCUT2D eigenvalue weighted by molar-refractivity contribution is -0.144. The molecule has 1 amide bonds. The van der Waals surface area contributed by atoms with Gasteiger partial charge in [-0.1, -0.05) is 43.3 Å². The highest BCUT2D eigenvalue weighted by Crippen LogP contribution is 2.20. The Morgan fingerprint density at radius 3 is 2.59 bits per heavy atom. The molecule has 0 bridgehead atoms. The first kappa shape index (κ1) is 21.5. The number of hydrogen-bond acceptors (Lipinski definition) is 6. The smallest absolute Gasteiger partial charge is 0.251 e. The highest BCUT2D eigenvalue weighted by atomic mass is 16.5. The zero-order chi connectivity index (χ0) is 20.8. The number of aromatic nitrogens is 2. The lowest BCUT2D eigenvalue weighted by Crippen LogP contribution is -2.51. The summed E-state index contributed by atoms with van der Waals surface area (Å²) >= 11 is 0.